The summed E-state index contributed by atoms with van der Waals surface area (Å²) in [6, 6.07) is 10.3. The molecule has 1 amide bonds. The van der Waals surface area contributed by atoms with Crippen molar-refractivity contribution in [2.75, 3.05) is 11.5 Å². The summed E-state index contributed by atoms with van der Waals surface area (Å²) in [5.74, 6) is 0.270. The zero-order valence-corrected chi connectivity index (χ0v) is 13.8. The number of sulfone groups is 1. The van der Waals surface area contributed by atoms with Gasteiger partial charge in [0.1, 0.15) is 12.4 Å². The smallest absolute Gasteiger partial charge is 0.255 e. The van der Waals surface area contributed by atoms with Gasteiger partial charge in [-0.05, 0) is 36.2 Å². The Labute approximate surface area is 140 Å². The third-order valence-corrected chi connectivity index (χ3v) is 5.61. The van der Waals surface area contributed by atoms with Crippen molar-refractivity contribution in [2.45, 2.75) is 19.1 Å². The number of carbonyl (C=O) groups excluding carboxylic acids is 1. The molecule has 0 saturated carbocycles. The average Bonchev–Trinajstić information content (AvgIpc) is 2.92. The number of benzene rings is 1. The van der Waals surface area contributed by atoms with Gasteiger partial charge < -0.3 is 10.1 Å². The number of aromatic nitrogens is 1. The van der Waals surface area contributed by atoms with E-state index in [2.05, 4.69) is 10.3 Å². The van der Waals surface area contributed by atoms with Crippen LogP contribution in [0.2, 0.25) is 0 Å². The fourth-order valence-electron chi connectivity index (χ4n) is 2.59. The summed E-state index contributed by atoms with van der Waals surface area (Å²) in [6.07, 6.45) is 3.81. The molecule has 0 aliphatic carbocycles. The molecule has 1 aromatic carbocycles. The Morgan fingerprint density at radius 2 is 1.96 bits per heavy atom. The molecule has 1 aliphatic rings. The average molecular weight is 346 g/mol. The van der Waals surface area contributed by atoms with Gasteiger partial charge in [0.2, 0.25) is 0 Å². The summed E-state index contributed by atoms with van der Waals surface area (Å²) in [5, 5.41) is 2.78. The Balaban J connectivity index is 1.68. The summed E-state index contributed by atoms with van der Waals surface area (Å²) < 4.78 is 28.8. The minimum absolute atomic E-state index is 0.00121. The van der Waals surface area contributed by atoms with Gasteiger partial charge in [0.25, 0.3) is 5.91 Å². The van der Waals surface area contributed by atoms with Crippen LogP contribution in [0.15, 0.2) is 48.8 Å². The summed E-state index contributed by atoms with van der Waals surface area (Å²) in [4.78, 5) is 16.4. The van der Waals surface area contributed by atoms with Crippen molar-refractivity contribution in [3.63, 3.8) is 0 Å². The molecule has 1 fully saturated rings. The summed E-state index contributed by atoms with van der Waals surface area (Å²) in [7, 11) is -3.03. The van der Waals surface area contributed by atoms with E-state index in [4.69, 9.17) is 4.74 Å². The normalized spacial score (nSPS) is 18.9. The van der Waals surface area contributed by atoms with Crippen molar-refractivity contribution in [3.8, 4) is 5.75 Å². The van der Waals surface area contributed by atoms with E-state index in [0.29, 0.717) is 24.3 Å². The monoisotopic (exact) mass is 346 g/mol. The summed E-state index contributed by atoms with van der Waals surface area (Å²) in [5.41, 5.74) is 1.35. The van der Waals surface area contributed by atoms with Crippen LogP contribution in [-0.4, -0.2) is 36.9 Å². The van der Waals surface area contributed by atoms with E-state index >= 15 is 0 Å². The number of ether oxygens (including phenoxy) is 1. The number of nitrogens with zero attached hydrogens (tertiary/aromatic N) is 1. The Hall–Kier alpha value is -2.41. The quantitative estimate of drug-likeness (QED) is 0.888. The van der Waals surface area contributed by atoms with Gasteiger partial charge in [0.05, 0.1) is 17.1 Å². The van der Waals surface area contributed by atoms with Crippen LogP contribution in [0.3, 0.4) is 0 Å². The SMILES string of the molecule is O=C(N[C@@H]1CCS(=O)(=O)C1)c1ccccc1OCc1ccncc1. The third-order valence-electron chi connectivity index (χ3n) is 3.84. The Morgan fingerprint density at radius 3 is 2.67 bits per heavy atom. The minimum Gasteiger partial charge on any atom is -0.488 e. The number of carbonyl (C=O) groups is 1. The number of para-hydroxylation sites is 1. The molecule has 24 heavy (non-hydrogen) atoms. The zero-order chi connectivity index (χ0) is 17.0. The van der Waals surface area contributed by atoms with Crippen LogP contribution >= 0.6 is 0 Å². The molecule has 1 aliphatic heterocycles. The van der Waals surface area contributed by atoms with E-state index in [1.807, 2.05) is 12.1 Å². The molecular weight excluding hydrogens is 328 g/mol. The van der Waals surface area contributed by atoms with Crippen LogP contribution in [-0.2, 0) is 16.4 Å². The van der Waals surface area contributed by atoms with Gasteiger partial charge in [-0.25, -0.2) is 8.42 Å². The molecule has 3 rings (SSSR count). The van der Waals surface area contributed by atoms with Crippen molar-refractivity contribution in [3.05, 3.63) is 59.9 Å². The van der Waals surface area contributed by atoms with Crippen molar-refractivity contribution in [1.82, 2.24) is 10.3 Å². The lowest BCUT2D eigenvalue weighted by Crippen LogP contribution is -2.35. The molecule has 0 spiro atoms. The molecule has 6 nitrogen and oxygen atoms in total. The van der Waals surface area contributed by atoms with Gasteiger partial charge in [0.15, 0.2) is 9.84 Å². The molecule has 0 radical (unpaired) electrons. The van der Waals surface area contributed by atoms with E-state index in [0.717, 1.165) is 5.56 Å². The highest BCUT2D eigenvalue weighted by Crippen LogP contribution is 2.20. The van der Waals surface area contributed by atoms with Crippen LogP contribution in [0.25, 0.3) is 0 Å². The second kappa shape index (κ2) is 7.00. The van der Waals surface area contributed by atoms with Crippen molar-refractivity contribution < 1.29 is 17.9 Å². The van der Waals surface area contributed by atoms with Gasteiger partial charge in [0, 0.05) is 18.4 Å². The molecule has 0 unspecified atom stereocenters. The van der Waals surface area contributed by atoms with E-state index in [1.54, 1.807) is 36.7 Å². The number of rotatable bonds is 5. The fourth-order valence-corrected chi connectivity index (χ4v) is 4.27. The highest BCUT2D eigenvalue weighted by atomic mass is 32.2. The molecule has 2 heterocycles. The maximum atomic E-state index is 12.4. The first-order chi connectivity index (χ1) is 11.5. The first-order valence-corrected chi connectivity index (χ1v) is 9.48. The Kier molecular flexibility index (Phi) is 4.80. The molecule has 7 heteroatoms. The molecular formula is C17H18N2O4S. The molecule has 2 aromatic rings. The molecule has 126 valence electrons. The number of hydrogen-bond acceptors (Lipinski definition) is 5. The van der Waals surface area contributed by atoms with Crippen LogP contribution in [0.1, 0.15) is 22.3 Å². The summed E-state index contributed by atoms with van der Waals surface area (Å²) in [6.45, 7) is 0.324. The van der Waals surface area contributed by atoms with Gasteiger partial charge in [-0.2, -0.15) is 0 Å². The number of pyridine rings is 1. The second-order valence-corrected chi connectivity index (χ2v) is 7.94. The number of nitrogens with one attached hydrogen (secondary N) is 1. The molecule has 1 saturated heterocycles. The maximum Gasteiger partial charge on any atom is 0.255 e. The van der Waals surface area contributed by atoms with Gasteiger partial charge >= 0.3 is 0 Å². The van der Waals surface area contributed by atoms with Crippen LogP contribution in [0.5, 0.6) is 5.75 Å². The molecule has 1 N–H and O–H groups in total. The van der Waals surface area contributed by atoms with Crippen molar-refractivity contribution in [1.29, 1.82) is 0 Å². The summed E-state index contributed by atoms with van der Waals surface area (Å²) >= 11 is 0. The third kappa shape index (κ3) is 4.11. The first-order valence-electron chi connectivity index (χ1n) is 7.65. The minimum atomic E-state index is -3.03. The predicted molar refractivity (Wildman–Crippen MR) is 89.5 cm³/mol. The van der Waals surface area contributed by atoms with E-state index in [-0.39, 0.29) is 23.5 Å². The fraction of sp³-hybridized carbons (Fsp3) is 0.294. The van der Waals surface area contributed by atoms with Crippen LogP contribution < -0.4 is 10.1 Å². The Morgan fingerprint density at radius 1 is 1.21 bits per heavy atom. The molecule has 1 atom stereocenters. The first kappa shape index (κ1) is 16.4. The predicted octanol–water partition coefficient (Wildman–Crippen LogP) is 1.58. The van der Waals surface area contributed by atoms with Crippen LogP contribution in [0, 0.1) is 0 Å². The topological polar surface area (TPSA) is 85.4 Å². The standard InChI is InChI=1S/C17H18N2O4S/c20-17(19-14-7-10-24(21,22)12-14)15-3-1-2-4-16(15)23-11-13-5-8-18-9-6-13/h1-6,8-9,14H,7,10-12H2,(H,19,20)/t14-/m1/s1. The van der Waals surface area contributed by atoms with E-state index in [9.17, 15) is 13.2 Å². The van der Waals surface area contributed by atoms with Crippen LogP contribution in [0.4, 0.5) is 0 Å². The van der Waals surface area contributed by atoms with Crippen molar-refractivity contribution in [2.24, 2.45) is 0 Å². The van der Waals surface area contributed by atoms with Gasteiger partial charge in [-0.15, -0.1) is 0 Å². The molecule has 0 bridgehead atoms. The number of amides is 1. The second-order valence-electron chi connectivity index (χ2n) is 5.71. The highest BCUT2D eigenvalue weighted by Gasteiger charge is 2.29. The maximum absolute atomic E-state index is 12.4. The molecule has 1 aromatic heterocycles. The number of hydrogen-bond donors (Lipinski definition) is 1. The van der Waals surface area contributed by atoms with Gasteiger partial charge in [-0.3, -0.25) is 9.78 Å². The van der Waals surface area contributed by atoms with E-state index < -0.39 is 9.84 Å². The highest BCUT2D eigenvalue weighted by molar-refractivity contribution is 7.91. The van der Waals surface area contributed by atoms with E-state index in [1.165, 1.54) is 0 Å². The zero-order valence-electron chi connectivity index (χ0n) is 13.0. The lowest BCUT2D eigenvalue weighted by atomic mass is 10.1. The lowest BCUT2D eigenvalue weighted by molar-refractivity contribution is 0.0936. The Bertz CT molecular complexity index is 821. The van der Waals surface area contributed by atoms with Crippen molar-refractivity contribution >= 4 is 15.7 Å². The van der Waals surface area contributed by atoms with Gasteiger partial charge in [-0.1, -0.05) is 12.1 Å². The lowest BCUT2D eigenvalue weighted by Gasteiger charge is -2.14. The largest absolute Gasteiger partial charge is 0.488 e.